The Morgan fingerprint density at radius 2 is 0.810 bits per heavy atom. The van der Waals surface area contributed by atoms with E-state index in [0.29, 0.717) is 5.82 Å². The van der Waals surface area contributed by atoms with E-state index in [2.05, 4.69) is 229 Å². The van der Waals surface area contributed by atoms with Crippen molar-refractivity contribution in [2.75, 3.05) is 0 Å². The number of para-hydroxylation sites is 3. The summed E-state index contributed by atoms with van der Waals surface area (Å²) in [6, 6.07) is 81.3. The lowest BCUT2D eigenvalue weighted by Crippen LogP contribution is -2.01. The smallest absolute Gasteiger partial charge is 0.160 e. The third-order valence-corrected chi connectivity index (χ3v) is 12.2. The lowest BCUT2D eigenvalue weighted by atomic mass is 9.92. The fourth-order valence-electron chi connectivity index (χ4n) is 9.31. The highest BCUT2D eigenvalue weighted by Gasteiger charge is 2.22. The Morgan fingerprint density at radius 3 is 1.49 bits per heavy atom. The zero-order valence-electron chi connectivity index (χ0n) is 34.2. The van der Waals surface area contributed by atoms with Gasteiger partial charge in [-0.05, 0) is 53.1 Å². The number of pyridine rings is 1. The van der Waals surface area contributed by atoms with E-state index in [9.17, 15) is 0 Å². The molecule has 12 rings (SSSR count). The molecule has 0 N–H and O–H groups in total. The molecule has 0 atom stereocenters. The highest BCUT2D eigenvalue weighted by molar-refractivity contribution is 6.29. The Labute approximate surface area is 365 Å². The molecule has 0 aliphatic rings. The van der Waals surface area contributed by atoms with Gasteiger partial charge < -0.3 is 4.57 Å². The van der Waals surface area contributed by atoms with Crippen LogP contribution in [0.4, 0.5) is 0 Å². The first kappa shape index (κ1) is 36.4. The molecule has 63 heavy (non-hydrogen) atoms. The van der Waals surface area contributed by atoms with Crippen LogP contribution in [0.5, 0.6) is 0 Å². The minimum atomic E-state index is 0.678. The molecule has 0 aliphatic heterocycles. The van der Waals surface area contributed by atoms with Crippen LogP contribution in [0.25, 0.3) is 117 Å². The monoisotopic (exact) mass is 802 g/mol. The normalized spacial score (nSPS) is 11.5. The van der Waals surface area contributed by atoms with Gasteiger partial charge in [-0.2, -0.15) is 0 Å². The minimum Gasteiger partial charge on any atom is -0.309 e. The van der Waals surface area contributed by atoms with Gasteiger partial charge >= 0.3 is 0 Å². The van der Waals surface area contributed by atoms with E-state index in [-0.39, 0.29) is 0 Å². The molecular weight excluding hydrogens is 765 g/mol. The third-order valence-electron chi connectivity index (χ3n) is 12.2. The maximum atomic E-state index is 5.42. The first-order chi connectivity index (χ1) is 31.3. The van der Waals surface area contributed by atoms with E-state index in [1.54, 1.807) is 0 Å². The summed E-state index contributed by atoms with van der Waals surface area (Å²) in [6.07, 6.45) is 0. The Bertz CT molecular complexity index is 3580. The second-order valence-corrected chi connectivity index (χ2v) is 15.9. The Hall–Kier alpha value is -8.47. The van der Waals surface area contributed by atoms with Gasteiger partial charge in [0.15, 0.2) is 5.82 Å². The Kier molecular flexibility index (Phi) is 8.79. The maximum absolute atomic E-state index is 5.42. The predicted molar refractivity (Wildman–Crippen MR) is 262 cm³/mol. The van der Waals surface area contributed by atoms with Gasteiger partial charge in [-0.1, -0.05) is 194 Å². The van der Waals surface area contributed by atoms with Crippen molar-refractivity contribution in [1.29, 1.82) is 0 Å². The Morgan fingerprint density at radius 1 is 0.286 bits per heavy atom. The van der Waals surface area contributed by atoms with Crippen LogP contribution in [-0.2, 0) is 0 Å². The highest BCUT2D eigenvalue weighted by Crippen LogP contribution is 2.44. The molecule has 0 aliphatic carbocycles. The predicted octanol–water partition coefficient (Wildman–Crippen LogP) is 15.3. The standard InChI is InChI=1S/C59H38N4/c1-5-18-39(19-6-1)44-24-17-25-45(38-44)59-61-57(41-20-7-2-8-21-41)53(58(62-59)42-22-9-3-10-23-42)40-32-34-43(35-33-40)56-49-36-37-52-55(54(49)47-28-13-15-30-50(47)60-56)48-29-14-16-31-51(48)63(52)46-26-11-4-12-27-46/h1-38H. The van der Waals surface area contributed by atoms with Crippen molar-refractivity contribution in [1.82, 2.24) is 19.5 Å². The average Bonchev–Trinajstić information content (AvgIpc) is 3.71. The molecule has 0 saturated heterocycles. The van der Waals surface area contributed by atoms with E-state index in [4.69, 9.17) is 15.0 Å². The molecule has 0 spiro atoms. The number of hydrogen-bond donors (Lipinski definition) is 0. The number of rotatable bonds is 7. The molecule has 3 heterocycles. The summed E-state index contributed by atoms with van der Waals surface area (Å²) in [4.78, 5) is 16.2. The second-order valence-electron chi connectivity index (χ2n) is 15.9. The quantitative estimate of drug-likeness (QED) is 0.151. The van der Waals surface area contributed by atoms with E-state index >= 15 is 0 Å². The molecule has 12 aromatic rings. The summed E-state index contributed by atoms with van der Waals surface area (Å²) >= 11 is 0. The zero-order chi connectivity index (χ0) is 41.7. The van der Waals surface area contributed by atoms with Crippen molar-refractivity contribution in [3.8, 4) is 73.1 Å². The summed E-state index contributed by atoms with van der Waals surface area (Å²) in [5, 5.41) is 5.92. The summed E-state index contributed by atoms with van der Waals surface area (Å²) in [5.74, 6) is 0.678. The van der Waals surface area contributed by atoms with Gasteiger partial charge in [0.05, 0.1) is 33.6 Å². The van der Waals surface area contributed by atoms with Gasteiger partial charge in [0.2, 0.25) is 0 Å². The molecule has 0 fully saturated rings. The van der Waals surface area contributed by atoms with Crippen LogP contribution >= 0.6 is 0 Å². The SMILES string of the molecule is c1ccc(-c2cccc(-c3nc(-c4ccccc4)c(-c4ccc(-c5nc6ccccc6c6c5ccc5c6c6ccccc6n5-c5ccccc5)cc4)c(-c4ccccc4)n3)c2)cc1. The first-order valence-corrected chi connectivity index (χ1v) is 21.4. The van der Waals surface area contributed by atoms with E-state index in [1.807, 2.05) is 6.07 Å². The average molecular weight is 803 g/mol. The number of benzene rings is 9. The van der Waals surface area contributed by atoms with Crippen molar-refractivity contribution in [2.45, 2.75) is 0 Å². The van der Waals surface area contributed by atoms with Crippen LogP contribution in [-0.4, -0.2) is 19.5 Å². The fraction of sp³-hybridized carbons (Fsp3) is 0. The van der Waals surface area contributed by atoms with Crippen LogP contribution in [0.15, 0.2) is 231 Å². The molecule has 3 aromatic heterocycles. The van der Waals surface area contributed by atoms with E-state index in [0.717, 1.165) is 83.6 Å². The van der Waals surface area contributed by atoms with Crippen molar-refractivity contribution < 1.29 is 0 Å². The lowest BCUT2D eigenvalue weighted by molar-refractivity contribution is 1.18. The van der Waals surface area contributed by atoms with Gasteiger partial charge in [-0.25, -0.2) is 15.0 Å². The second kappa shape index (κ2) is 15.2. The molecule has 0 bridgehead atoms. The Balaban J connectivity index is 1.07. The van der Waals surface area contributed by atoms with Crippen LogP contribution in [0.2, 0.25) is 0 Å². The molecule has 9 aromatic carbocycles. The summed E-state index contributed by atoms with van der Waals surface area (Å²) < 4.78 is 2.38. The van der Waals surface area contributed by atoms with Crippen LogP contribution in [0.3, 0.4) is 0 Å². The molecular formula is C59H38N4. The molecule has 4 heteroatoms. The van der Waals surface area contributed by atoms with Gasteiger partial charge in [-0.3, -0.25) is 0 Å². The fourth-order valence-corrected chi connectivity index (χ4v) is 9.31. The third kappa shape index (κ3) is 6.27. The zero-order valence-corrected chi connectivity index (χ0v) is 34.2. The molecule has 0 unspecified atom stereocenters. The number of hydrogen-bond acceptors (Lipinski definition) is 3. The van der Waals surface area contributed by atoms with Crippen LogP contribution in [0.1, 0.15) is 0 Å². The molecule has 294 valence electrons. The van der Waals surface area contributed by atoms with Gasteiger partial charge in [0.1, 0.15) is 0 Å². The first-order valence-electron chi connectivity index (χ1n) is 21.4. The van der Waals surface area contributed by atoms with Gasteiger partial charge in [0.25, 0.3) is 0 Å². The number of fused-ring (bicyclic) bond motifs is 7. The molecule has 4 nitrogen and oxygen atoms in total. The number of nitrogens with zero attached hydrogens (tertiary/aromatic N) is 4. The molecule has 0 amide bonds. The summed E-state index contributed by atoms with van der Waals surface area (Å²) in [5.41, 5.74) is 15.5. The van der Waals surface area contributed by atoms with Crippen molar-refractivity contribution in [3.63, 3.8) is 0 Å². The number of aromatic nitrogens is 4. The minimum absolute atomic E-state index is 0.678. The van der Waals surface area contributed by atoms with Crippen molar-refractivity contribution in [3.05, 3.63) is 231 Å². The topological polar surface area (TPSA) is 43.6 Å². The maximum Gasteiger partial charge on any atom is 0.160 e. The van der Waals surface area contributed by atoms with Crippen molar-refractivity contribution >= 4 is 43.5 Å². The van der Waals surface area contributed by atoms with Gasteiger partial charge in [0, 0.05) is 60.4 Å². The largest absolute Gasteiger partial charge is 0.309 e. The lowest BCUT2D eigenvalue weighted by Gasteiger charge is -2.18. The molecule has 0 radical (unpaired) electrons. The van der Waals surface area contributed by atoms with Crippen LogP contribution in [0, 0.1) is 0 Å². The van der Waals surface area contributed by atoms with Crippen LogP contribution < -0.4 is 0 Å². The van der Waals surface area contributed by atoms with E-state index < -0.39 is 0 Å². The highest BCUT2D eigenvalue weighted by atomic mass is 15.0. The summed E-state index contributed by atoms with van der Waals surface area (Å²) in [7, 11) is 0. The van der Waals surface area contributed by atoms with Gasteiger partial charge in [-0.15, -0.1) is 0 Å². The summed E-state index contributed by atoms with van der Waals surface area (Å²) in [6.45, 7) is 0. The van der Waals surface area contributed by atoms with Crippen molar-refractivity contribution in [2.24, 2.45) is 0 Å². The van der Waals surface area contributed by atoms with E-state index in [1.165, 1.54) is 27.2 Å². The molecule has 0 saturated carbocycles.